The predicted octanol–water partition coefficient (Wildman–Crippen LogP) is 5.45. The Morgan fingerprint density at radius 2 is 1.71 bits per heavy atom. The molecule has 1 rings (SSSR count). The van der Waals surface area contributed by atoms with E-state index in [1.54, 1.807) is 0 Å². The molecule has 0 spiro atoms. The third-order valence-corrected chi connectivity index (χ3v) is 3.40. The Morgan fingerprint density at radius 1 is 1.18 bits per heavy atom. The molecule has 0 N–H and O–H groups in total. The fourth-order valence-electron chi connectivity index (χ4n) is 1.70. The van der Waals surface area contributed by atoms with Gasteiger partial charge in [-0.3, -0.25) is 0 Å². The monoisotopic (exact) mass is 230 g/mol. The highest BCUT2D eigenvalue weighted by Crippen LogP contribution is 2.40. The molecule has 0 bridgehead atoms. The topological polar surface area (TPSA) is 0 Å². The summed E-state index contributed by atoms with van der Waals surface area (Å²) in [4.78, 5) is 0. The zero-order valence-electron chi connectivity index (χ0n) is 12.3. The minimum absolute atomic E-state index is 0.131. The first kappa shape index (κ1) is 14.0. The van der Waals surface area contributed by atoms with Gasteiger partial charge in [0.05, 0.1) is 0 Å². The van der Waals surface area contributed by atoms with Crippen LogP contribution in [-0.2, 0) is 0 Å². The van der Waals surface area contributed by atoms with Crippen molar-refractivity contribution in [2.24, 2.45) is 10.8 Å². The summed E-state index contributed by atoms with van der Waals surface area (Å²) in [6, 6.07) is 0. The molecule has 1 aliphatic rings. The molecule has 0 saturated heterocycles. The molecule has 0 saturated carbocycles. The van der Waals surface area contributed by atoms with Crippen LogP contribution >= 0.6 is 0 Å². The number of hydrogen-bond donors (Lipinski definition) is 0. The lowest BCUT2D eigenvalue weighted by atomic mass is 9.86. The van der Waals surface area contributed by atoms with Crippen molar-refractivity contribution >= 4 is 0 Å². The van der Waals surface area contributed by atoms with Gasteiger partial charge in [-0.05, 0) is 34.0 Å². The predicted molar refractivity (Wildman–Crippen MR) is 78.0 cm³/mol. The molecule has 0 atom stereocenters. The summed E-state index contributed by atoms with van der Waals surface area (Å²) in [5.41, 5.74) is 5.48. The van der Waals surface area contributed by atoms with E-state index in [1.165, 1.54) is 22.3 Å². The minimum Gasteiger partial charge on any atom is -0.0953 e. The van der Waals surface area contributed by atoms with Crippen LogP contribution in [0.4, 0.5) is 0 Å². The van der Waals surface area contributed by atoms with Crippen molar-refractivity contribution in [1.29, 1.82) is 0 Å². The molecule has 0 aliphatic heterocycles. The Kier molecular flexibility index (Phi) is 3.57. The molecule has 0 amide bonds. The van der Waals surface area contributed by atoms with Crippen molar-refractivity contribution in [3.05, 3.63) is 47.6 Å². The first-order chi connectivity index (χ1) is 7.51. The minimum atomic E-state index is 0.131. The van der Waals surface area contributed by atoms with Crippen LogP contribution in [0.15, 0.2) is 47.6 Å². The highest BCUT2D eigenvalue weighted by molar-refractivity contribution is 5.53. The van der Waals surface area contributed by atoms with Gasteiger partial charge < -0.3 is 0 Å². The Bertz CT molecular complexity index is 400. The van der Waals surface area contributed by atoms with E-state index in [2.05, 4.69) is 66.9 Å². The van der Waals surface area contributed by atoms with Crippen molar-refractivity contribution in [2.45, 2.75) is 48.0 Å². The second kappa shape index (κ2) is 4.33. The second-order valence-electron chi connectivity index (χ2n) is 7.07. The second-order valence-corrected chi connectivity index (χ2v) is 7.07. The zero-order chi connectivity index (χ0) is 13.4. The van der Waals surface area contributed by atoms with E-state index in [1.807, 2.05) is 0 Å². The van der Waals surface area contributed by atoms with Gasteiger partial charge in [-0.25, -0.2) is 0 Å². The van der Waals surface area contributed by atoms with Crippen molar-refractivity contribution in [3.63, 3.8) is 0 Å². The number of allylic oxidation sites excluding steroid dienone is 6. The van der Waals surface area contributed by atoms with Gasteiger partial charge in [0.15, 0.2) is 0 Å². The van der Waals surface area contributed by atoms with Crippen LogP contribution in [0.1, 0.15) is 48.0 Å². The average Bonchev–Trinajstić information content (AvgIpc) is 2.45. The molecule has 1 aliphatic carbocycles. The van der Waals surface area contributed by atoms with Crippen molar-refractivity contribution < 1.29 is 0 Å². The van der Waals surface area contributed by atoms with E-state index in [0.717, 1.165) is 6.42 Å². The Labute approximate surface area is 107 Å². The van der Waals surface area contributed by atoms with Gasteiger partial charge in [0.2, 0.25) is 0 Å². The molecule has 17 heavy (non-hydrogen) atoms. The average molecular weight is 230 g/mol. The van der Waals surface area contributed by atoms with Crippen molar-refractivity contribution in [2.75, 3.05) is 0 Å². The maximum Gasteiger partial charge on any atom is -0.00585 e. The smallest absolute Gasteiger partial charge is 0.00585 e. The summed E-state index contributed by atoms with van der Waals surface area (Å²) in [7, 11) is 0. The third kappa shape index (κ3) is 3.46. The fraction of sp³-hybridized carbons (Fsp3) is 0.529. The first-order valence-electron chi connectivity index (χ1n) is 6.32. The summed E-state index contributed by atoms with van der Waals surface area (Å²) in [5.74, 6) is 0. The molecule has 0 radical (unpaired) electrons. The normalized spacial score (nSPS) is 19.8. The van der Waals surface area contributed by atoms with Gasteiger partial charge in [-0.15, -0.1) is 0 Å². The van der Waals surface area contributed by atoms with Gasteiger partial charge in [0, 0.05) is 0 Å². The summed E-state index contributed by atoms with van der Waals surface area (Å²) in [6.07, 6.45) is 5.49. The molecule has 0 aromatic rings. The SMILES string of the molecule is C=C1CC(C(C)(C)C)=C/C1=C/C(=C)C(C)(C)C. The standard InChI is InChI=1S/C17H26/c1-12-9-15(17(6,7)8)11-14(12)10-13(2)16(3,4)5/h10-11H,1-2,9H2,3-8H3/b14-10-. The molecular formula is C17H26. The quantitative estimate of drug-likeness (QED) is 0.562. The molecule has 0 unspecified atom stereocenters. The lowest BCUT2D eigenvalue weighted by molar-refractivity contribution is 0.496. The van der Waals surface area contributed by atoms with Crippen LogP contribution in [0, 0.1) is 10.8 Å². The third-order valence-electron chi connectivity index (χ3n) is 3.40. The summed E-state index contributed by atoms with van der Waals surface area (Å²) < 4.78 is 0. The zero-order valence-corrected chi connectivity index (χ0v) is 12.3. The van der Waals surface area contributed by atoms with E-state index in [-0.39, 0.29) is 10.8 Å². The van der Waals surface area contributed by atoms with Crippen LogP contribution < -0.4 is 0 Å². The number of rotatable bonds is 1. The van der Waals surface area contributed by atoms with Crippen LogP contribution in [0.3, 0.4) is 0 Å². The molecule has 0 nitrogen and oxygen atoms in total. The molecule has 0 fully saturated rings. The fourth-order valence-corrected chi connectivity index (χ4v) is 1.70. The highest BCUT2D eigenvalue weighted by Gasteiger charge is 2.24. The van der Waals surface area contributed by atoms with Crippen molar-refractivity contribution in [1.82, 2.24) is 0 Å². The van der Waals surface area contributed by atoms with Gasteiger partial charge in [0.25, 0.3) is 0 Å². The maximum absolute atomic E-state index is 4.17. The molecule has 0 aromatic heterocycles. The summed E-state index contributed by atoms with van der Waals surface area (Å²) in [5, 5.41) is 0. The maximum atomic E-state index is 4.17. The van der Waals surface area contributed by atoms with Gasteiger partial charge in [0.1, 0.15) is 0 Å². The lowest BCUT2D eigenvalue weighted by Crippen LogP contribution is -2.07. The molecule has 94 valence electrons. The Morgan fingerprint density at radius 3 is 2.06 bits per heavy atom. The molecule has 0 aromatic carbocycles. The molecular weight excluding hydrogens is 204 g/mol. The van der Waals surface area contributed by atoms with E-state index in [9.17, 15) is 0 Å². The Balaban J connectivity index is 3.02. The van der Waals surface area contributed by atoms with E-state index >= 15 is 0 Å². The van der Waals surface area contributed by atoms with E-state index in [4.69, 9.17) is 0 Å². The highest BCUT2D eigenvalue weighted by atomic mass is 14.3. The van der Waals surface area contributed by atoms with E-state index in [0.29, 0.717) is 0 Å². The van der Waals surface area contributed by atoms with Crippen LogP contribution in [0.25, 0.3) is 0 Å². The first-order valence-corrected chi connectivity index (χ1v) is 6.32. The van der Waals surface area contributed by atoms with Crippen LogP contribution in [-0.4, -0.2) is 0 Å². The Hall–Kier alpha value is -1.04. The van der Waals surface area contributed by atoms with Crippen molar-refractivity contribution in [3.8, 4) is 0 Å². The number of hydrogen-bond acceptors (Lipinski definition) is 0. The van der Waals surface area contributed by atoms with E-state index < -0.39 is 0 Å². The van der Waals surface area contributed by atoms with Crippen LogP contribution in [0.5, 0.6) is 0 Å². The van der Waals surface area contributed by atoms with Gasteiger partial charge in [-0.2, -0.15) is 0 Å². The largest absolute Gasteiger partial charge is 0.0953 e. The molecule has 0 heteroatoms. The summed E-state index contributed by atoms with van der Waals surface area (Å²) in [6.45, 7) is 21.7. The molecule has 0 heterocycles. The van der Waals surface area contributed by atoms with Gasteiger partial charge >= 0.3 is 0 Å². The lowest BCUT2D eigenvalue weighted by Gasteiger charge is -2.19. The van der Waals surface area contributed by atoms with Gasteiger partial charge in [-0.1, -0.05) is 72.4 Å². The van der Waals surface area contributed by atoms with Crippen LogP contribution in [0.2, 0.25) is 0 Å². The summed E-state index contributed by atoms with van der Waals surface area (Å²) >= 11 is 0.